The summed E-state index contributed by atoms with van der Waals surface area (Å²) in [7, 11) is 0. The van der Waals surface area contributed by atoms with E-state index in [1.54, 1.807) is 0 Å². The molecular weight excluding hydrogens is 509 g/mol. The summed E-state index contributed by atoms with van der Waals surface area (Å²) in [4.78, 5) is 16.2. The molecule has 2 heterocycles. The van der Waals surface area contributed by atoms with Crippen molar-refractivity contribution in [1.82, 2.24) is 30.5 Å². The number of halogens is 1. The molecule has 9 nitrogen and oxygen atoms in total. The van der Waals surface area contributed by atoms with Gasteiger partial charge in [0, 0.05) is 19.3 Å². The maximum absolute atomic E-state index is 11.6. The van der Waals surface area contributed by atoms with Gasteiger partial charge in [-0.05, 0) is 43.7 Å². The molecule has 0 aliphatic rings. The van der Waals surface area contributed by atoms with Gasteiger partial charge in [-0.15, -0.1) is 34.2 Å². The molecule has 0 aliphatic heterocycles. The zero-order chi connectivity index (χ0) is 21.2. The van der Waals surface area contributed by atoms with E-state index in [0.717, 1.165) is 23.6 Å². The molecule has 0 unspecified atom stereocenters. The highest BCUT2D eigenvalue weighted by atomic mass is 127. The van der Waals surface area contributed by atoms with E-state index in [1.807, 2.05) is 66.9 Å². The molecule has 166 valence electrons. The van der Waals surface area contributed by atoms with Gasteiger partial charge in [-0.2, -0.15) is 0 Å². The summed E-state index contributed by atoms with van der Waals surface area (Å²) in [5.41, 5.74) is 1.79. The molecule has 10 heteroatoms. The van der Waals surface area contributed by atoms with Crippen molar-refractivity contribution in [2.75, 3.05) is 19.7 Å². The number of nitrogens with one attached hydrogen (secondary N) is 3. The monoisotopic (exact) mass is 537 g/mol. The first-order chi connectivity index (χ1) is 14.7. The number of ether oxygens (including phenoxy) is 1. The molecule has 2 aromatic heterocycles. The van der Waals surface area contributed by atoms with Crippen molar-refractivity contribution in [3.05, 3.63) is 60.0 Å². The smallest absolute Gasteiger partial charge is 0.257 e. The van der Waals surface area contributed by atoms with E-state index in [9.17, 15) is 4.79 Å². The lowest BCUT2D eigenvalue weighted by atomic mass is 10.2. The molecule has 3 N–H and O–H groups in total. The third kappa shape index (κ3) is 7.39. The first-order valence-corrected chi connectivity index (χ1v) is 9.98. The second kappa shape index (κ2) is 12.7. The average molecular weight is 537 g/mol. The lowest BCUT2D eigenvalue weighted by Gasteiger charge is -2.11. The first kappa shape index (κ1) is 24.4. The number of hydrogen-bond acceptors (Lipinski definition) is 5. The number of rotatable bonds is 9. The number of benzene rings is 1. The highest BCUT2D eigenvalue weighted by molar-refractivity contribution is 14.0. The van der Waals surface area contributed by atoms with Gasteiger partial charge >= 0.3 is 0 Å². The van der Waals surface area contributed by atoms with Gasteiger partial charge in [-0.3, -0.25) is 9.20 Å². The van der Waals surface area contributed by atoms with Crippen LogP contribution < -0.4 is 20.7 Å². The Labute approximate surface area is 198 Å². The van der Waals surface area contributed by atoms with Crippen LogP contribution in [-0.2, 0) is 17.9 Å². The molecule has 0 bridgehead atoms. The summed E-state index contributed by atoms with van der Waals surface area (Å²) in [5.74, 6) is 1.98. The lowest BCUT2D eigenvalue weighted by molar-refractivity contribution is -0.122. The van der Waals surface area contributed by atoms with Crippen LogP contribution >= 0.6 is 24.0 Å². The number of amides is 1. The zero-order valence-electron chi connectivity index (χ0n) is 17.7. The van der Waals surface area contributed by atoms with Gasteiger partial charge in [0.2, 0.25) is 0 Å². The van der Waals surface area contributed by atoms with Crippen molar-refractivity contribution in [2.24, 2.45) is 4.99 Å². The van der Waals surface area contributed by atoms with E-state index < -0.39 is 0 Å². The minimum Gasteiger partial charge on any atom is -0.484 e. The van der Waals surface area contributed by atoms with E-state index in [2.05, 4.69) is 31.1 Å². The van der Waals surface area contributed by atoms with Crippen molar-refractivity contribution in [3.8, 4) is 5.75 Å². The fourth-order valence-electron chi connectivity index (χ4n) is 2.82. The zero-order valence-corrected chi connectivity index (χ0v) is 20.0. The Balaban J connectivity index is 0.00000341. The van der Waals surface area contributed by atoms with Crippen LogP contribution in [0.25, 0.3) is 5.65 Å². The van der Waals surface area contributed by atoms with Crippen LogP contribution in [0.2, 0.25) is 0 Å². The highest BCUT2D eigenvalue weighted by Gasteiger charge is 2.06. The molecule has 1 aromatic carbocycles. The number of likely N-dealkylation sites (N-methyl/N-ethyl adjacent to an activating group) is 1. The van der Waals surface area contributed by atoms with Crippen LogP contribution in [0, 0.1) is 0 Å². The van der Waals surface area contributed by atoms with Gasteiger partial charge in [0.15, 0.2) is 24.0 Å². The van der Waals surface area contributed by atoms with Crippen molar-refractivity contribution in [2.45, 2.75) is 26.9 Å². The number of nitrogens with zero attached hydrogens (tertiary/aromatic N) is 4. The normalized spacial score (nSPS) is 11.0. The van der Waals surface area contributed by atoms with Crippen LogP contribution in [0.15, 0.2) is 53.7 Å². The topological polar surface area (TPSA) is 105 Å². The predicted molar refractivity (Wildman–Crippen MR) is 131 cm³/mol. The molecule has 31 heavy (non-hydrogen) atoms. The fourth-order valence-corrected chi connectivity index (χ4v) is 2.82. The number of aliphatic imine (C=N–C) groups is 1. The molecule has 1 amide bonds. The quantitative estimate of drug-likeness (QED) is 0.220. The second-order valence-corrected chi connectivity index (χ2v) is 6.48. The lowest BCUT2D eigenvalue weighted by Crippen LogP contribution is -2.37. The first-order valence-electron chi connectivity index (χ1n) is 9.98. The number of guanidine groups is 1. The molecule has 0 radical (unpaired) electrons. The van der Waals surface area contributed by atoms with Gasteiger partial charge in [0.05, 0.1) is 13.1 Å². The third-order valence-corrected chi connectivity index (χ3v) is 4.20. The maximum atomic E-state index is 11.6. The van der Waals surface area contributed by atoms with Crippen LogP contribution in [-0.4, -0.2) is 46.2 Å². The standard InChI is InChI=1S/C21H27N7O2.HI/c1-3-22-20(29)15-30-17-9-7-8-16(12-17)13-24-21(23-4-2)25-14-19-27-26-18-10-5-6-11-28(18)19;/h5-12H,3-4,13-15H2,1-2H3,(H,22,29)(H2,23,24,25);1H. The highest BCUT2D eigenvalue weighted by Crippen LogP contribution is 2.14. The van der Waals surface area contributed by atoms with Crippen LogP contribution in [0.4, 0.5) is 0 Å². The van der Waals surface area contributed by atoms with Crippen LogP contribution in [0.3, 0.4) is 0 Å². The molecule has 0 saturated carbocycles. The van der Waals surface area contributed by atoms with Gasteiger partial charge in [0.1, 0.15) is 5.75 Å². The van der Waals surface area contributed by atoms with E-state index >= 15 is 0 Å². The third-order valence-electron chi connectivity index (χ3n) is 4.20. The summed E-state index contributed by atoms with van der Waals surface area (Å²) in [5, 5.41) is 17.6. The molecule has 0 spiro atoms. The Bertz CT molecular complexity index is 1010. The van der Waals surface area contributed by atoms with Crippen LogP contribution in [0.1, 0.15) is 25.2 Å². The molecule has 0 fully saturated rings. The molecule has 0 saturated heterocycles. The van der Waals surface area contributed by atoms with Gasteiger partial charge in [0.25, 0.3) is 5.91 Å². The van der Waals surface area contributed by atoms with Gasteiger partial charge in [-0.1, -0.05) is 18.2 Å². The molecular formula is C21H28IN7O2. The van der Waals surface area contributed by atoms with Crippen molar-refractivity contribution >= 4 is 41.5 Å². The summed E-state index contributed by atoms with van der Waals surface area (Å²) < 4.78 is 7.48. The van der Waals surface area contributed by atoms with E-state index in [4.69, 9.17) is 4.74 Å². The fraction of sp³-hybridized carbons (Fsp3) is 0.333. The molecule has 0 atom stereocenters. The number of carbonyl (C=O) groups is 1. The van der Waals surface area contributed by atoms with Crippen molar-refractivity contribution in [3.63, 3.8) is 0 Å². The van der Waals surface area contributed by atoms with Gasteiger partial charge < -0.3 is 20.7 Å². The molecule has 3 aromatic rings. The Kier molecular flexibility index (Phi) is 10.0. The van der Waals surface area contributed by atoms with E-state index in [0.29, 0.717) is 31.3 Å². The average Bonchev–Trinajstić information content (AvgIpc) is 3.18. The van der Waals surface area contributed by atoms with E-state index in [1.165, 1.54) is 0 Å². The predicted octanol–water partition coefficient (Wildman–Crippen LogP) is 2.12. The SMILES string of the molecule is CCNC(=O)COc1cccc(CN=C(NCC)NCc2nnc3ccccn23)c1.I. The van der Waals surface area contributed by atoms with Crippen molar-refractivity contribution in [1.29, 1.82) is 0 Å². The summed E-state index contributed by atoms with van der Waals surface area (Å²) >= 11 is 0. The molecule has 3 rings (SSSR count). The number of pyridine rings is 1. The Morgan fingerprint density at radius 2 is 1.90 bits per heavy atom. The summed E-state index contributed by atoms with van der Waals surface area (Å²) in [6, 6.07) is 13.4. The minimum absolute atomic E-state index is 0. The Hall–Kier alpha value is -2.89. The number of aromatic nitrogens is 3. The Morgan fingerprint density at radius 3 is 2.71 bits per heavy atom. The summed E-state index contributed by atoms with van der Waals surface area (Å²) in [6.45, 7) is 6.17. The second-order valence-electron chi connectivity index (χ2n) is 6.48. The largest absolute Gasteiger partial charge is 0.484 e. The van der Waals surface area contributed by atoms with Crippen molar-refractivity contribution < 1.29 is 9.53 Å². The number of hydrogen-bond donors (Lipinski definition) is 3. The number of carbonyl (C=O) groups excluding carboxylic acids is 1. The van der Waals surface area contributed by atoms with Crippen LogP contribution in [0.5, 0.6) is 5.75 Å². The maximum Gasteiger partial charge on any atom is 0.257 e. The summed E-state index contributed by atoms with van der Waals surface area (Å²) in [6.07, 6.45) is 1.93. The Morgan fingerprint density at radius 1 is 1.06 bits per heavy atom. The minimum atomic E-state index is -0.138. The van der Waals surface area contributed by atoms with E-state index in [-0.39, 0.29) is 36.5 Å². The van der Waals surface area contributed by atoms with Gasteiger partial charge in [-0.25, -0.2) is 4.99 Å². The number of fused-ring (bicyclic) bond motifs is 1. The molecule has 0 aliphatic carbocycles.